The van der Waals surface area contributed by atoms with E-state index in [1.807, 2.05) is 36.4 Å². The Bertz CT molecular complexity index is 1120. The van der Waals surface area contributed by atoms with Crippen LogP contribution in [0.3, 0.4) is 0 Å². The van der Waals surface area contributed by atoms with Crippen LogP contribution in [0.15, 0.2) is 65.6 Å². The van der Waals surface area contributed by atoms with E-state index in [2.05, 4.69) is 10.0 Å². The van der Waals surface area contributed by atoms with E-state index in [0.29, 0.717) is 16.8 Å². The Kier molecular flexibility index (Phi) is 5.79. The van der Waals surface area contributed by atoms with E-state index in [4.69, 9.17) is 0 Å². The molecule has 1 amide bonds. The van der Waals surface area contributed by atoms with E-state index in [1.54, 1.807) is 19.1 Å². The average molecular weight is 398 g/mol. The summed E-state index contributed by atoms with van der Waals surface area (Å²) < 4.78 is 27.8. The number of amides is 1. The topological polar surface area (TPSA) is 95.5 Å². The average Bonchev–Trinajstić information content (AvgIpc) is 2.65. The summed E-state index contributed by atoms with van der Waals surface area (Å²) in [6.07, 6.45) is -0.986. The van der Waals surface area contributed by atoms with E-state index in [0.717, 1.165) is 10.8 Å². The number of rotatable bonds is 6. The zero-order valence-electron chi connectivity index (χ0n) is 15.6. The maximum Gasteiger partial charge on any atom is 0.240 e. The first kappa shape index (κ1) is 20.0. The third kappa shape index (κ3) is 4.39. The van der Waals surface area contributed by atoms with Gasteiger partial charge in [-0.25, -0.2) is 13.1 Å². The molecule has 0 aliphatic rings. The molecule has 0 saturated carbocycles. The van der Waals surface area contributed by atoms with E-state index < -0.39 is 16.1 Å². The number of sulfonamides is 1. The Morgan fingerprint density at radius 2 is 1.79 bits per heavy atom. The van der Waals surface area contributed by atoms with Gasteiger partial charge in [0.15, 0.2) is 0 Å². The number of carbonyl (C=O) groups excluding carboxylic acids is 1. The molecule has 146 valence electrons. The molecule has 0 saturated heterocycles. The first-order valence-electron chi connectivity index (χ1n) is 8.81. The smallest absolute Gasteiger partial charge is 0.240 e. The van der Waals surface area contributed by atoms with E-state index in [9.17, 15) is 18.3 Å². The predicted octanol–water partition coefficient (Wildman–Crippen LogP) is 3.12. The maximum atomic E-state index is 12.7. The standard InChI is InChI=1S/C21H22N2O4S/c1-14-12-17(23-15(2)24)10-11-21(14)28(26,27)22-13-20(25)19-9-5-7-16-6-3-4-8-18(16)19/h3-12,20,22,25H,13H2,1-2H3,(H,23,24)/t20-/m1/s1. The van der Waals surface area contributed by atoms with Gasteiger partial charge in [0.25, 0.3) is 0 Å². The molecule has 1 atom stereocenters. The van der Waals surface area contributed by atoms with Gasteiger partial charge in [-0.05, 0) is 47.0 Å². The van der Waals surface area contributed by atoms with Crippen LogP contribution in [-0.2, 0) is 14.8 Å². The molecule has 0 radical (unpaired) electrons. The summed E-state index contributed by atoms with van der Waals surface area (Å²) in [6, 6.07) is 17.7. The molecule has 3 aromatic carbocycles. The Morgan fingerprint density at radius 1 is 1.07 bits per heavy atom. The second kappa shape index (κ2) is 8.10. The number of hydrogen-bond donors (Lipinski definition) is 3. The van der Waals surface area contributed by atoms with Crippen LogP contribution in [0.2, 0.25) is 0 Å². The van der Waals surface area contributed by atoms with Gasteiger partial charge in [-0.15, -0.1) is 0 Å². The van der Waals surface area contributed by atoms with Crippen molar-refractivity contribution in [1.29, 1.82) is 0 Å². The molecule has 0 fully saturated rings. The van der Waals surface area contributed by atoms with Gasteiger partial charge in [-0.3, -0.25) is 4.79 Å². The molecule has 6 nitrogen and oxygen atoms in total. The molecular formula is C21H22N2O4S. The molecule has 3 rings (SSSR count). The van der Waals surface area contributed by atoms with Crippen LogP contribution in [0.25, 0.3) is 10.8 Å². The summed E-state index contributed by atoms with van der Waals surface area (Å²) in [5, 5.41) is 15.0. The molecule has 3 aromatic rings. The lowest BCUT2D eigenvalue weighted by molar-refractivity contribution is -0.114. The summed E-state index contributed by atoms with van der Waals surface area (Å²) in [6.45, 7) is 2.89. The number of nitrogens with one attached hydrogen (secondary N) is 2. The van der Waals surface area contributed by atoms with Crippen LogP contribution < -0.4 is 10.0 Å². The predicted molar refractivity (Wildman–Crippen MR) is 110 cm³/mol. The molecule has 0 aliphatic carbocycles. The lowest BCUT2D eigenvalue weighted by Crippen LogP contribution is -2.29. The number of carbonyl (C=O) groups is 1. The number of aliphatic hydroxyl groups excluding tert-OH is 1. The van der Waals surface area contributed by atoms with Gasteiger partial charge in [-0.2, -0.15) is 0 Å². The molecule has 0 unspecified atom stereocenters. The van der Waals surface area contributed by atoms with Gasteiger partial charge in [0.1, 0.15) is 0 Å². The number of aliphatic hydroxyl groups is 1. The number of aryl methyl sites for hydroxylation is 1. The van der Waals surface area contributed by atoms with E-state index >= 15 is 0 Å². The molecule has 0 heterocycles. The quantitative estimate of drug-likeness (QED) is 0.594. The maximum absolute atomic E-state index is 12.7. The van der Waals surface area contributed by atoms with Crippen molar-refractivity contribution < 1.29 is 18.3 Å². The van der Waals surface area contributed by atoms with Crippen molar-refractivity contribution in [3.05, 3.63) is 71.8 Å². The van der Waals surface area contributed by atoms with Gasteiger partial charge >= 0.3 is 0 Å². The molecule has 0 aromatic heterocycles. The van der Waals surface area contributed by atoms with E-state index in [-0.39, 0.29) is 17.3 Å². The number of benzene rings is 3. The van der Waals surface area contributed by atoms with Crippen LogP contribution >= 0.6 is 0 Å². The summed E-state index contributed by atoms with van der Waals surface area (Å²) in [7, 11) is -3.82. The molecule has 3 N–H and O–H groups in total. The molecule has 0 bridgehead atoms. The van der Waals surface area contributed by atoms with E-state index in [1.165, 1.54) is 19.1 Å². The van der Waals surface area contributed by atoms with Crippen LogP contribution in [-0.4, -0.2) is 26.0 Å². The van der Waals surface area contributed by atoms with Crippen molar-refractivity contribution >= 4 is 32.4 Å². The highest BCUT2D eigenvalue weighted by atomic mass is 32.2. The Hall–Kier alpha value is -2.74. The summed E-state index contributed by atoms with van der Waals surface area (Å²) in [4.78, 5) is 11.2. The normalized spacial score (nSPS) is 12.7. The molecule has 0 aliphatic heterocycles. The van der Waals surface area contributed by atoms with Crippen molar-refractivity contribution in [1.82, 2.24) is 4.72 Å². The third-order valence-corrected chi connectivity index (χ3v) is 6.02. The van der Waals surface area contributed by atoms with Gasteiger partial charge in [-0.1, -0.05) is 42.5 Å². The fourth-order valence-corrected chi connectivity index (χ4v) is 4.41. The Labute approximate surface area is 164 Å². The fourth-order valence-electron chi connectivity index (χ4n) is 3.15. The third-order valence-electron chi connectivity index (χ3n) is 4.43. The summed E-state index contributed by atoms with van der Waals surface area (Å²) in [5.41, 5.74) is 1.69. The number of hydrogen-bond acceptors (Lipinski definition) is 4. The van der Waals surface area contributed by atoms with Crippen molar-refractivity contribution in [2.24, 2.45) is 0 Å². The lowest BCUT2D eigenvalue weighted by atomic mass is 10.0. The number of anilines is 1. The van der Waals surface area contributed by atoms with Crippen LogP contribution in [0, 0.1) is 6.92 Å². The zero-order valence-corrected chi connectivity index (χ0v) is 16.5. The second-order valence-corrected chi connectivity index (χ2v) is 8.33. The lowest BCUT2D eigenvalue weighted by Gasteiger charge is -2.16. The van der Waals surface area contributed by atoms with Crippen molar-refractivity contribution in [3.8, 4) is 0 Å². The van der Waals surface area contributed by atoms with Crippen LogP contribution in [0.4, 0.5) is 5.69 Å². The Balaban J connectivity index is 1.78. The fraction of sp³-hybridized carbons (Fsp3) is 0.190. The minimum atomic E-state index is -3.82. The highest BCUT2D eigenvalue weighted by Crippen LogP contribution is 2.25. The van der Waals surface area contributed by atoms with Crippen molar-refractivity contribution in [2.75, 3.05) is 11.9 Å². The largest absolute Gasteiger partial charge is 0.387 e. The minimum absolute atomic E-state index is 0.103. The Morgan fingerprint density at radius 3 is 2.50 bits per heavy atom. The van der Waals surface area contributed by atoms with Crippen LogP contribution in [0.1, 0.15) is 24.2 Å². The minimum Gasteiger partial charge on any atom is -0.387 e. The molecule has 0 spiro atoms. The highest BCUT2D eigenvalue weighted by molar-refractivity contribution is 7.89. The van der Waals surface area contributed by atoms with Crippen molar-refractivity contribution in [3.63, 3.8) is 0 Å². The van der Waals surface area contributed by atoms with Gasteiger partial charge in [0, 0.05) is 19.2 Å². The summed E-state index contributed by atoms with van der Waals surface area (Å²) >= 11 is 0. The highest BCUT2D eigenvalue weighted by Gasteiger charge is 2.20. The zero-order chi connectivity index (χ0) is 20.3. The first-order valence-corrected chi connectivity index (χ1v) is 10.3. The molecule has 28 heavy (non-hydrogen) atoms. The molecule has 7 heteroatoms. The van der Waals surface area contributed by atoms with Crippen LogP contribution in [0.5, 0.6) is 0 Å². The summed E-state index contributed by atoms with van der Waals surface area (Å²) in [5.74, 6) is -0.230. The van der Waals surface area contributed by atoms with Gasteiger partial charge in [0.2, 0.25) is 15.9 Å². The first-order chi connectivity index (χ1) is 13.3. The SMILES string of the molecule is CC(=O)Nc1ccc(S(=O)(=O)NC[C@@H](O)c2cccc3ccccc23)c(C)c1. The van der Waals surface area contributed by atoms with Crippen molar-refractivity contribution in [2.45, 2.75) is 24.8 Å². The molecular weight excluding hydrogens is 376 g/mol. The second-order valence-electron chi connectivity index (χ2n) is 6.60. The number of fused-ring (bicyclic) bond motifs is 1. The van der Waals surface area contributed by atoms with Gasteiger partial charge in [0.05, 0.1) is 11.0 Å². The van der Waals surface area contributed by atoms with Gasteiger partial charge < -0.3 is 10.4 Å². The monoisotopic (exact) mass is 398 g/mol.